The minimum absolute atomic E-state index is 0.00660. The molecule has 24 heavy (non-hydrogen) atoms. The van der Waals surface area contributed by atoms with Crippen molar-refractivity contribution in [2.24, 2.45) is 10.1 Å². The largest absolute Gasteiger partial charge is 0.495 e. The summed E-state index contributed by atoms with van der Waals surface area (Å²) in [5.41, 5.74) is 1.40. The number of aliphatic imine (C=N–C) groups is 1. The summed E-state index contributed by atoms with van der Waals surface area (Å²) >= 11 is 1.43. The number of allylic oxidation sites excluding steroid dienone is 1. The lowest BCUT2D eigenvalue weighted by Gasteiger charge is -2.11. The van der Waals surface area contributed by atoms with Gasteiger partial charge in [-0.1, -0.05) is 6.08 Å². The van der Waals surface area contributed by atoms with Gasteiger partial charge in [-0.05, 0) is 24.6 Å². The maximum Gasteiger partial charge on any atom is 0.238 e. The van der Waals surface area contributed by atoms with E-state index in [1.165, 1.54) is 30.6 Å². The number of anilines is 2. The number of hydrogen-bond donors (Lipinski definition) is 2. The van der Waals surface area contributed by atoms with Crippen molar-refractivity contribution >= 4 is 38.4 Å². The summed E-state index contributed by atoms with van der Waals surface area (Å²) in [4.78, 5) is 8.68. The molecule has 9 heteroatoms. The van der Waals surface area contributed by atoms with Crippen LogP contribution in [0, 0.1) is 0 Å². The first-order valence-corrected chi connectivity index (χ1v) is 9.51. The number of nitrogens with two attached hydrogens (primary N) is 1. The molecule has 1 aromatic heterocycles. The summed E-state index contributed by atoms with van der Waals surface area (Å²) in [6, 6.07) is 4.38. The van der Waals surface area contributed by atoms with Crippen molar-refractivity contribution in [3.63, 3.8) is 0 Å². The standard InChI is InChI=1S/C15H16N4O3S2/c1-22-14-5-4-11(24(16,20)21)7-12(14)18-15-19-13(9-23-15)10-3-2-6-17-8-10/h2,4-10H,3H2,1H3,(H,18,19)(H2,16,20,21). The molecule has 0 saturated heterocycles. The molecule has 3 rings (SSSR count). The van der Waals surface area contributed by atoms with Crippen LogP contribution in [-0.4, -0.2) is 26.7 Å². The Morgan fingerprint density at radius 3 is 2.92 bits per heavy atom. The van der Waals surface area contributed by atoms with Crippen molar-refractivity contribution in [2.45, 2.75) is 17.2 Å². The predicted molar refractivity (Wildman–Crippen MR) is 94.8 cm³/mol. The van der Waals surface area contributed by atoms with Crippen molar-refractivity contribution in [3.8, 4) is 5.75 Å². The minimum Gasteiger partial charge on any atom is -0.495 e. The maximum absolute atomic E-state index is 11.5. The monoisotopic (exact) mass is 364 g/mol. The zero-order chi connectivity index (χ0) is 17.2. The van der Waals surface area contributed by atoms with Gasteiger partial charge >= 0.3 is 0 Å². The Morgan fingerprint density at radius 1 is 1.42 bits per heavy atom. The van der Waals surface area contributed by atoms with E-state index < -0.39 is 10.0 Å². The molecular formula is C15H16N4O3S2. The van der Waals surface area contributed by atoms with E-state index in [4.69, 9.17) is 9.88 Å². The van der Waals surface area contributed by atoms with Crippen LogP contribution >= 0.6 is 11.3 Å². The molecule has 1 aromatic carbocycles. The molecule has 1 aliphatic rings. The average Bonchev–Trinajstić information content (AvgIpc) is 3.03. The number of ether oxygens (including phenoxy) is 1. The summed E-state index contributed by atoms with van der Waals surface area (Å²) in [6.45, 7) is 0. The normalized spacial score (nSPS) is 17.0. The first-order chi connectivity index (χ1) is 11.5. The number of aromatic nitrogens is 1. The molecule has 0 fully saturated rings. The lowest BCUT2D eigenvalue weighted by Crippen LogP contribution is -2.12. The Morgan fingerprint density at radius 2 is 2.25 bits per heavy atom. The zero-order valence-electron chi connectivity index (χ0n) is 12.8. The number of hydrogen-bond acceptors (Lipinski definition) is 7. The second-order valence-electron chi connectivity index (χ2n) is 5.13. The van der Waals surface area contributed by atoms with Gasteiger partial charge in [0.05, 0.1) is 23.4 Å². The number of primary sulfonamides is 1. The maximum atomic E-state index is 11.5. The fourth-order valence-corrected chi connectivity index (χ4v) is 3.60. The number of thiazole rings is 1. The van der Waals surface area contributed by atoms with E-state index in [1.54, 1.807) is 12.3 Å². The van der Waals surface area contributed by atoms with Gasteiger partial charge in [0.15, 0.2) is 5.13 Å². The molecular weight excluding hydrogens is 348 g/mol. The SMILES string of the molecule is COc1ccc(S(N)(=O)=O)cc1Nc1nc(C2C=NC=CC2)cs1. The first kappa shape index (κ1) is 16.6. The van der Waals surface area contributed by atoms with Gasteiger partial charge < -0.3 is 10.1 Å². The lowest BCUT2D eigenvalue weighted by molar-refractivity contribution is 0.416. The van der Waals surface area contributed by atoms with Crippen LogP contribution < -0.4 is 15.2 Å². The Labute approximate surface area is 144 Å². The van der Waals surface area contributed by atoms with E-state index in [1.807, 2.05) is 17.7 Å². The molecule has 0 radical (unpaired) electrons. The summed E-state index contributed by atoms with van der Waals surface area (Å²) < 4.78 is 28.3. The van der Waals surface area contributed by atoms with Gasteiger partial charge in [-0.2, -0.15) is 0 Å². The van der Waals surface area contributed by atoms with Crippen molar-refractivity contribution in [1.82, 2.24) is 4.98 Å². The minimum atomic E-state index is -3.79. The van der Waals surface area contributed by atoms with E-state index in [2.05, 4.69) is 15.3 Å². The molecule has 7 nitrogen and oxygen atoms in total. The molecule has 1 atom stereocenters. The van der Waals surface area contributed by atoms with Crippen LogP contribution in [0.15, 0.2) is 45.7 Å². The quantitative estimate of drug-likeness (QED) is 0.848. The number of benzene rings is 1. The van der Waals surface area contributed by atoms with Crippen LogP contribution in [0.4, 0.5) is 10.8 Å². The van der Waals surface area contributed by atoms with Crippen LogP contribution in [0.3, 0.4) is 0 Å². The molecule has 2 aromatic rings. The fraction of sp³-hybridized carbons (Fsp3) is 0.200. The first-order valence-electron chi connectivity index (χ1n) is 7.09. The predicted octanol–water partition coefficient (Wildman–Crippen LogP) is 2.61. The summed E-state index contributed by atoms with van der Waals surface area (Å²) in [5, 5.41) is 10.9. The third-order valence-corrected chi connectivity index (χ3v) is 5.18. The summed E-state index contributed by atoms with van der Waals surface area (Å²) in [7, 11) is -2.28. The Bertz CT molecular complexity index is 903. The Hall–Kier alpha value is -2.23. The highest BCUT2D eigenvalue weighted by Gasteiger charge is 2.16. The van der Waals surface area contributed by atoms with Crippen LogP contribution in [0.25, 0.3) is 0 Å². The van der Waals surface area contributed by atoms with E-state index in [0.717, 1.165) is 12.1 Å². The highest BCUT2D eigenvalue weighted by Crippen LogP contribution is 2.32. The number of sulfonamides is 1. The van der Waals surface area contributed by atoms with Crippen LogP contribution in [-0.2, 0) is 10.0 Å². The molecule has 1 aliphatic heterocycles. The van der Waals surface area contributed by atoms with E-state index in [0.29, 0.717) is 16.6 Å². The molecule has 126 valence electrons. The molecule has 0 aliphatic carbocycles. The third-order valence-electron chi connectivity index (χ3n) is 3.49. The van der Waals surface area contributed by atoms with Crippen molar-refractivity contribution < 1.29 is 13.2 Å². The topological polar surface area (TPSA) is 107 Å². The highest BCUT2D eigenvalue weighted by molar-refractivity contribution is 7.89. The lowest BCUT2D eigenvalue weighted by atomic mass is 10.0. The summed E-state index contributed by atoms with van der Waals surface area (Å²) in [6.07, 6.45) is 6.49. The molecule has 0 bridgehead atoms. The number of methoxy groups -OCH3 is 1. The molecule has 0 spiro atoms. The number of rotatable bonds is 5. The number of nitrogens with zero attached hydrogens (tertiary/aromatic N) is 2. The van der Waals surface area contributed by atoms with Gasteiger partial charge in [0, 0.05) is 23.7 Å². The van der Waals surface area contributed by atoms with Gasteiger partial charge in [0.1, 0.15) is 5.75 Å². The third kappa shape index (κ3) is 3.64. The number of nitrogens with one attached hydrogen (secondary N) is 1. The molecule has 3 N–H and O–H groups in total. The van der Waals surface area contributed by atoms with Crippen molar-refractivity contribution in [3.05, 3.63) is 41.5 Å². The van der Waals surface area contributed by atoms with Crippen LogP contribution in [0.5, 0.6) is 5.75 Å². The van der Waals surface area contributed by atoms with E-state index in [-0.39, 0.29) is 10.8 Å². The second kappa shape index (κ2) is 6.71. The van der Waals surface area contributed by atoms with E-state index in [9.17, 15) is 8.42 Å². The Balaban J connectivity index is 1.86. The molecule has 1 unspecified atom stereocenters. The van der Waals surface area contributed by atoms with Gasteiger partial charge in [-0.15, -0.1) is 11.3 Å². The van der Waals surface area contributed by atoms with Crippen molar-refractivity contribution in [1.29, 1.82) is 0 Å². The highest BCUT2D eigenvalue weighted by atomic mass is 32.2. The van der Waals surface area contributed by atoms with Gasteiger partial charge in [0.2, 0.25) is 10.0 Å². The summed E-state index contributed by atoms with van der Waals surface area (Å²) in [5.74, 6) is 0.653. The molecule has 2 heterocycles. The van der Waals surface area contributed by atoms with Gasteiger partial charge in [-0.25, -0.2) is 18.5 Å². The zero-order valence-corrected chi connectivity index (χ0v) is 14.5. The second-order valence-corrected chi connectivity index (χ2v) is 7.55. The van der Waals surface area contributed by atoms with Crippen LogP contribution in [0.2, 0.25) is 0 Å². The molecule has 0 amide bonds. The van der Waals surface area contributed by atoms with E-state index >= 15 is 0 Å². The fourth-order valence-electron chi connectivity index (χ4n) is 2.27. The van der Waals surface area contributed by atoms with Gasteiger partial charge in [-0.3, -0.25) is 4.99 Å². The molecule has 0 saturated carbocycles. The average molecular weight is 364 g/mol. The smallest absolute Gasteiger partial charge is 0.238 e. The van der Waals surface area contributed by atoms with Gasteiger partial charge in [0.25, 0.3) is 0 Å². The Kier molecular flexibility index (Phi) is 4.65. The van der Waals surface area contributed by atoms with Crippen LogP contribution in [0.1, 0.15) is 18.0 Å². The van der Waals surface area contributed by atoms with Crippen molar-refractivity contribution in [2.75, 3.05) is 12.4 Å².